The van der Waals surface area contributed by atoms with Crippen LogP contribution in [0.2, 0.25) is 0 Å². The zero-order valence-corrected chi connectivity index (χ0v) is 19.1. The Balaban J connectivity index is 1.57. The fourth-order valence-corrected chi connectivity index (χ4v) is 3.78. The number of nitrogens with two attached hydrogens (primary N) is 1. The van der Waals surface area contributed by atoms with Gasteiger partial charge >= 0.3 is 6.03 Å². The van der Waals surface area contributed by atoms with Gasteiger partial charge in [0.2, 0.25) is 11.9 Å². The standard InChI is InChI=1S/C24H27N7O2/c1-14(2)16-9-11-17(12-10-16)24(4)20(32)31(23(33)30-24)13-19-27-21(25)29-22(28-19)26-18-8-6-5-7-15(18)3/h5-12,14H,13H2,1-4H3,(H,30,33)(H3,25,26,27,28,29)/t24-/m0/s1. The van der Waals surface area contributed by atoms with Crippen LogP contribution in [0, 0.1) is 6.92 Å². The SMILES string of the molecule is Cc1ccccc1Nc1nc(N)nc(CN2C(=O)N[C@@](C)(c3ccc(C(C)C)cc3)C2=O)n1. The van der Waals surface area contributed by atoms with E-state index in [-0.39, 0.29) is 30.2 Å². The number of nitrogens with one attached hydrogen (secondary N) is 2. The first-order valence-electron chi connectivity index (χ1n) is 10.7. The Morgan fingerprint density at radius 2 is 1.76 bits per heavy atom. The maximum atomic E-state index is 13.3. The molecular formula is C24H27N7O2. The van der Waals surface area contributed by atoms with E-state index in [0.29, 0.717) is 11.5 Å². The Morgan fingerprint density at radius 1 is 1.06 bits per heavy atom. The van der Waals surface area contributed by atoms with E-state index in [1.165, 1.54) is 0 Å². The molecule has 9 heteroatoms. The highest BCUT2D eigenvalue weighted by Crippen LogP contribution is 2.30. The lowest BCUT2D eigenvalue weighted by molar-refractivity contribution is -0.131. The van der Waals surface area contributed by atoms with Crippen LogP contribution in [-0.2, 0) is 16.9 Å². The minimum Gasteiger partial charge on any atom is -0.368 e. The lowest BCUT2D eigenvalue weighted by Crippen LogP contribution is -2.40. The van der Waals surface area contributed by atoms with Crippen LogP contribution in [-0.4, -0.2) is 31.8 Å². The Morgan fingerprint density at radius 3 is 2.42 bits per heavy atom. The second kappa shape index (κ2) is 8.50. The van der Waals surface area contributed by atoms with Gasteiger partial charge in [-0.3, -0.25) is 9.69 Å². The highest BCUT2D eigenvalue weighted by Gasteiger charge is 2.49. The highest BCUT2D eigenvalue weighted by atomic mass is 16.2. The Hall–Kier alpha value is -4.01. The molecule has 0 radical (unpaired) electrons. The average Bonchev–Trinajstić information content (AvgIpc) is 2.99. The van der Waals surface area contributed by atoms with Crippen molar-refractivity contribution in [2.75, 3.05) is 11.1 Å². The molecule has 0 spiro atoms. The Labute approximate surface area is 192 Å². The summed E-state index contributed by atoms with van der Waals surface area (Å²) < 4.78 is 0. The first kappa shape index (κ1) is 22.2. The van der Waals surface area contributed by atoms with Crippen LogP contribution in [0.1, 0.15) is 49.2 Å². The van der Waals surface area contributed by atoms with Crippen molar-refractivity contribution >= 4 is 29.5 Å². The van der Waals surface area contributed by atoms with Crippen molar-refractivity contribution in [3.05, 3.63) is 71.0 Å². The third-order valence-corrected chi connectivity index (χ3v) is 5.82. The summed E-state index contributed by atoms with van der Waals surface area (Å²) in [5.41, 5.74) is 8.40. The van der Waals surface area contributed by atoms with Gasteiger partial charge in [-0.25, -0.2) is 4.79 Å². The zero-order valence-electron chi connectivity index (χ0n) is 19.1. The summed E-state index contributed by atoms with van der Waals surface area (Å²) in [5, 5.41) is 5.92. The van der Waals surface area contributed by atoms with E-state index in [0.717, 1.165) is 21.7 Å². The van der Waals surface area contributed by atoms with Crippen molar-refractivity contribution in [1.29, 1.82) is 0 Å². The van der Waals surface area contributed by atoms with Crippen LogP contribution in [0.3, 0.4) is 0 Å². The summed E-state index contributed by atoms with van der Waals surface area (Å²) in [6.07, 6.45) is 0. The molecule has 0 bridgehead atoms. The number of hydrogen-bond acceptors (Lipinski definition) is 7. The van der Waals surface area contributed by atoms with Gasteiger partial charge in [0, 0.05) is 5.69 Å². The van der Waals surface area contributed by atoms with Gasteiger partial charge < -0.3 is 16.4 Å². The van der Waals surface area contributed by atoms with Gasteiger partial charge in [-0.15, -0.1) is 0 Å². The molecule has 1 aromatic heterocycles. The summed E-state index contributed by atoms with van der Waals surface area (Å²) in [7, 11) is 0. The lowest BCUT2D eigenvalue weighted by atomic mass is 9.90. The maximum Gasteiger partial charge on any atom is 0.325 e. The van der Waals surface area contributed by atoms with Crippen LogP contribution in [0.25, 0.3) is 0 Å². The minimum absolute atomic E-state index is 0.00447. The summed E-state index contributed by atoms with van der Waals surface area (Å²) in [6, 6.07) is 14.9. The number of amides is 3. The third-order valence-electron chi connectivity index (χ3n) is 5.82. The number of hydrogen-bond donors (Lipinski definition) is 3. The fourth-order valence-electron chi connectivity index (χ4n) is 3.78. The van der Waals surface area contributed by atoms with E-state index < -0.39 is 11.6 Å². The fraction of sp³-hybridized carbons (Fsp3) is 0.292. The summed E-state index contributed by atoms with van der Waals surface area (Å²) >= 11 is 0. The number of rotatable bonds is 6. The predicted octanol–water partition coefficient (Wildman–Crippen LogP) is 3.60. The molecule has 0 aliphatic carbocycles. The molecule has 1 fully saturated rings. The second-order valence-electron chi connectivity index (χ2n) is 8.60. The normalized spacial score (nSPS) is 18.0. The molecule has 33 heavy (non-hydrogen) atoms. The highest BCUT2D eigenvalue weighted by molar-refractivity contribution is 6.07. The van der Waals surface area contributed by atoms with Crippen molar-refractivity contribution < 1.29 is 9.59 Å². The minimum atomic E-state index is -1.17. The Bertz CT molecular complexity index is 1210. The number of carbonyl (C=O) groups excluding carboxylic acids is 2. The molecule has 9 nitrogen and oxygen atoms in total. The summed E-state index contributed by atoms with van der Waals surface area (Å²) in [5.74, 6) is 0.439. The zero-order chi connectivity index (χ0) is 23.8. The number of anilines is 3. The summed E-state index contributed by atoms with van der Waals surface area (Å²) in [6.45, 7) is 7.73. The molecule has 0 unspecified atom stereocenters. The van der Waals surface area contributed by atoms with E-state index in [2.05, 4.69) is 39.4 Å². The number of nitrogen functional groups attached to an aromatic ring is 1. The predicted molar refractivity (Wildman–Crippen MR) is 126 cm³/mol. The average molecular weight is 446 g/mol. The van der Waals surface area contributed by atoms with E-state index in [9.17, 15) is 9.59 Å². The first-order valence-corrected chi connectivity index (χ1v) is 10.7. The number of imide groups is 1. The molecular weight excluding hydrogens is 418 g/mol. The number of aromatic nitrogens is 3. The van der Waals surface area contributed by atoms with E-state index in [4.69, 9.17) is 5.73 Å². The molecule has 3 amide bonds. The van der Waals surface area contributed by atoms with Crippen LogP contribution in [0.5, 0.6) is 0 Å². The van der Waals surface area contributed by atoms with Gasteiger partial charge in [0.15, 0.2) is 5.82 Å². The number of urea groups is 1. The quantitative estimate of drug-likeness (QED) is 0.495. The first-order chi connectivity index (χ1) is 15.7. The van der Waals surface area contributed by atoms with Crippen molar-refractivity contribution in [3.63, 3.8) is 0 Å². The van der Waals surface area contributed by atoms with Crippen LogP contribution >= 0.6 is 0 Å². The number of carbonyl (C=O) groups is 2. The van der Waals surface area contributed by atoms with Gasteiger partial charge in [0.1, 0.15) is 5.54 Å². The number of aryl methyl sites for hydroxylation is 1. The third kappa shape index (κ3) is 4.34. The number of nitrogens with zero attached hydrogens (tertiary/aromatic N) is 4. The maximum absolute atomic E-state index is 13.3. The monoisotopic (exact) mass is 445 g/mol. The van der Waals surface area contributed by atoms with Gasteiger partial charge in [-0.05, 0) is 42.5 Å². The van der Waals surface area contributed by atoms with Crippen molar-refractivity contribution in [3.8, 4) is 0 Å². The van der Waals surface area contributed by atoms with Crippen LogP contribution in [0.15, 0.2) is 48.5 Å². The molecule has 0 saturated carbocycles. The summed E-state index contributed by atoms with van der Waals surface area (Å²) in [4.78, 5) is 39.7. The van der Waals surface area contributed by atoms with Crippen molar-refractivity contribution in [2.24, 2.45) is 0 Å². The molecule has 1 atom stereocenters. The smallest absolute Gasteiger partial charge is 0.325 e. The molecule has 4 rings (SSSR count). The van der Waals surface area contributed by atoms with Gasteiger partial charge in [0.25, 0.3) is 5.91 Å². The molecule has 2 heterocycles. The molecule has 2 aromatic carbocycles. The van der Waals surface area contributed by atoms with Gasteiger partial charge in [-0.2, -0.15) is 15.0 Å². The molecule has 1 aliphatic rings. The molecule has 1 saturated heterocycles. The van der Waals surface area contributed by atoms with E-state index in [1.54, 1.807) is 6.92 Å². The molecule has 1 aliphatic heterocycles. The van der Waals surface area contributed by atoms with Crippen molar-refractivity contribution in [1.82, 2.24) is 25.2 Å². The number of para-hydroxylation sites is 1. The van der Waals surface area contributed by atoms with Crippen LogP contribution < -0.4 is 16.4 Å². The second-order valence-corrected chi connectivity index (χ2v) is 8.60. The number of benzene rings is 2. The van der Waals surface area contributed by atoms with E-state index >= 15 is 0 Å². The van der Waals surface area contributed by atoms with Crippen molar-refractivity contribution in [2.45, 2.75) is 45.7 Å². The Kier molecular flexibility index (Phi) is 5.71. The largest absolute Gasteiger partial charge is 0.368 e. The molecule has 170 valence electrons. The van der Waals surface area contributed by atoms with E-state index in [1.807, 2.05) is 55.5 Å². The molecule has 4 N–H and O–H groups in total. The lowest BCUT2D eigenvalue weighted by Gasteiger charge is -2.22. The van der Waals surface area contributed by atoms with Crippen LogP contribution in [0.4, 0.5) is 22.4 Å². The van der Waals surface area contributed by atoms with Gasteiger partial charge in [-0.1, -0.05) is 56.3 Å². The molecule has 3 aromatic rings. The topological polar surface area (TPSA) is 126 Å². The van der Waals surface area contributed by atoms with Gasteiger partial charge in [0.05, 0.1) is 6.54 Å².